The minimum absolute atomic E-state index is 0.248. The lowest BCUT2D eigenvalue weighted by Crippen LogP contribution is -1.99. The first-order valence-corrected chi connectivity index (χ1v) is 12.9. The minimum Gasteiger partial charge on any atom is -0.507 e. The number of pyridine rings is 1. The van der Waals surface area contributed by atoms with E-state index in [-0.39, 0.29) is 5.75 Å². The van der Waals surface area contributed by atoms with Gasteiger partial charge in [0.1, 0.15) is 11.3 Å². The summed E-state index contributed by atoms with van der Waals surface area (Å²) in [6.07, 6.45) is 1.82. The third-order valence-corrected chi connectivity index (χ3v) is 7.02. The third-order valence-electron chi connectivity index (χ3n) is 7.02. The van der Waals surface area contributed by atoms with Gasteiger partial charge in [-0.3, -0.25) is 4.98 Å². The first kappa shape index (κ1) is 22.8. The zero-order valence-electron chi connectivity index (χ0n) is 21.0. The van der Waals surface area contributed by atoms with E-state index in [0.717, 1.165) is 61.0 Å². The lowest BCUT2D eigenvalue weighted by atomic mass is 10.0. The Morgan fingerprint density at radius 2 is 1.36 bits per heavy atom. The lowest BCUT2D eigenvalue weighted by Gasteiger charge is -2.17. The Kier molecular flexibility index (Phi) is 5.56. The Hall–Kier alpha value is -5.35. The Bertz CT molecular complexity index is 2040. The molecule has 0 spiro atoms. The molecule has 1 N–H and O–H groups in total. The molecule has 0 aliphatic rings. The summed E-state index contributed by atoms with van der Waals surface area (Å²) in [7, 11) is 0. The van der Waals surface area contributed by atoms with Gasteiger partial charge in [-0.25, -0.2) is 0 Å². The standard InChI is InChI=1S/C35H24N2O2/c38-33-16-4-1-12-27(33)24-10-9-11-26(22-24)37-31-15-3-6-18-35(31)39-34-17-5-2-13-29(34)28-20-19-25(23-32(28)37)30-14-7-8-21-36-30/h1-23,38H. The summed E-state index contributed by atoms with van der Waals surface area (Å²) in [5.74, 6) is 0.248. The van der Waals surface area contributed by atoms with Crippen molar-refractivity contribution in [1.29, 1.82) is 0 Å². The topological polar surface area (TPSA) is 51.2 Å². The Balaban J connectivity index is 1.66. The molecule has 7 aromatic rings. The van der Waals surface area contributed by atoms with Gasteiger partial charge >= 0.3 is 0 Å². The molecule has 0 fully saturated rings. The number of phenolic OH excluding ortho intramolecular Hbond substituents is 1. The predicted octanol–water partition coefficient (Wildman–Crippen LogP) is 9.09. The number of aromatic nitrogens is 2. The zero-order chi connectivity index (χ0) is 26.2. The van der Waals surface area contributed by atoms with Crippen molar-refractivity contribution >= 4 is 33.0 Å². The fourth-order valence-electron chi connectivity index (χ4n) is 5.20. The van der Waals surface area contributed by atoms with Crippen LogP contribution >= 0.6 is 0 Å². The first-order chi connectivity index (χ1) is 19.3. The van der Waals surface area contributed by atoms with Gasteiger partial charge in [-0.15, -0.1) is 0 Å². The van der Waals surface area contributed by atoms with Crippen molar-refractivity contribution in [3.8, 4) is 33.8 Å². The summed E-state index contributed by atoms with van der Waals surface area (Å²) >= 11 is 0. The van der Waals surface area contributed by atoms with Crippen molar-refractivity contribution in [2.45, 2.75) is 0 Å². The van der Waals surface area contributed by atoms with Crippen molar-refractivity contribution < 1.29 is 9.52 Å². The monoisotopic (exact) mass is 504 g/mol. The molecule has 0 unspecified atom stereocenters. The first-order valence-electron chi connectivity index (χ1n) is 12.9. The SMILES string of the molecule is Oc1ccccc1-c1cccc(-n2c3ccccc3oc3ccccc3c3ccc(-c4ccccn4)cc32)c1. The van der Waals surface area contributed by atoms with E-state index in [0.29, 0.717) is 0 Å². The van der Waals surface area contributed by atoms with Crippen LogP contribution in [0.5, 0.6) is 5.75 Å². The number of para-hydroxylation sites is 4. The largest absolute Gasteiger partial charge is 0.507 e. The van der Waals surface area contributed by atoms with Gasteiger partial charge < -0.3 is 14.1 Å². The molecule has 0 saturated carbocycles. The van der Waals surface area contributed by atoms with Gasteiger partial charge in [0.05, 0.1) is 16.7 Å². The van der Waals surface area contributed by atoms with E-state index in [4.69, 9.17) is 4.42 Å². The van der Waals surface area contributed by atoms with Gasteiger partial charge in [0, 0.05) is 33.8 Å². The highest BCUT2D eigenvalue weighted by Gasteiger charge is 2.13. The molecule has 0 saturated heterocycles. The molecular formula is C35H24N2O2. The van der Waals surface area contributed by atoms with Gasteiger partial charge in [0.15, 0.2) is 5.58 Å². The molecule has 4 nitrogen and oxygen atoms in total. The number of benzene rings is 5. The third kappa shape index (κ3) is 4.09. The molecule has 0 aliphatic carbocycles. The number of aromatic hydroxyl groups is 1. The summed E-state index contributed by atoms with van der Waals surface area (Å²) in [5.41, 5.74) is 8.07. The van der Waals surface area contributed by atoms with Crippen LogP contribution in [0.15, 0.2) is 144 Å². The average Bonchev–Trinajstić information content (AvgIpc) is 2.98. The molecule has 2 aromatic heterocycles. The summed E-state index contributed by atoms with van der Waals surface area (Å²) in [6, 6.07) is 44.3. The van der Waals surface area contributed by atoms with Crippen LogP contribution in [-0.2, 0) is 0 Å². The second-order valence-electron chi connectivity index (χ2n) is 9.42. The van der Waals surface area contributed by atoms with E-state index in [9.17, 15) is 5.11 Å². The molecule has 0 radical (unpaired) electrons. The predicted molar refractivity (Wildman–Crippen MR) is 159 cm³/mol. The van der Waals surface area contributed by atoms with Gasteiger partial charge in [0.25, 0.3) is 0 Å². The van der Waals surface area contributed by atoms with Gasteiger partial charge in [-0.1, -0.05) is 78.9 Å². The van der Waals surface area contributed by atoms with E-state index in [1.165, 1.54) is 0 Å². The molecule has 4 heteroatoms. The van der Waals surface area contributed by atoms with Crippen molar-refractivity contribution in [3.63, 3.8) is 0 Å². The number of fused-ring (bicyclic) bond motifs is 4. The van der Waals surface area contributed by atoms with Crippen LogP contribution in [0.3, 0.4) is 0 Å². The smallest absolute Gasteiger partial charge is 0.151 e. The molecule has 5 aromatic carbocycles. The molecule has 0 bridgehead atoms. The summed E-state index contributed by atoms with van der Waals surface area (Å²) in [5, 5.41) is 12.7. The van der Waals surface area contributed by atoms with Crippen LogP contribution in [-0.4, -0.2) is 14.7 Å². The molecule has 0 aliphatic heterocycles. The van der Waals surface area contributed by atoms with Gasteiger partial charge in [0.2, 0.25) is 0 Å². The van der Waals surface area contributed by atoms with E-state index in [1.54, 1.807) is 6.07 Å². The van der Waals surface area contributed by atoms with E-state index in [1.807, 2.05) is 91.1 Å². The lowest BCUT2D eigenvalue weighted by molar-refractivity contribution is 0.477. The highest BCUT2D eigenvalue weighted by molar-refractivity contribution is 6.05. The molecule has 0 atom stereocenters. The minimum atomic E-state index is 0.248. The highest BCUT2D eigenvalue weighted by atomic mass is 16.3. The van der Waals surface area contributed by atoms with Crippen LogP contribution in [0.2, 0.25) is 0 Å². The number of hydrogen-bond donors (Lipinski definition) is 1. The van der Waals surface area contributed by atoms with Gasteiger partial charge in [-0.05, 0) is 60.2 Å². The van der Waals surface area contributed by atoms with Crippen LogP contribution in [0, 0.1) is 0 Å². The molecule has 186 valence electrons. The number of nitrogens with zero attached hydrogens (tertiary/aromatic N) is 2. The molecule has 0 amide bonds. The zero-order valence-corrected chi connectivity index (χ0v) is 21.0. The Labute approximate surface area is 225 Å². The molecule has 39 heavy (non-hydrogen) atoms. The summed E-state index contributed by atoms with van der Waals surface area (Å²) in [4.78, 5) is 4.62. The maximum Gasteiger partial charge on any atom is 0.151 e. The maximum atomic E-state index is 10.6. The fourth-order valence-corrected chi connectivity index (χ4v) is 5.20. The molecule has 7 rings (SSSR count). The fraction of sp³-hybridized carbons (Fsp3) is 0. The van der Waals surface area contributed by atoms with Crippen LogP contribution in [0.1, 0.15) is 0 Å². The Morgan fingerprint density at radius 3 is 2.23 bits per heavy atom. The number of rotatable bonds is 3. The van der Waals surface area contributed by atoms with E-state index < -0.39 is 0 Å². The van der Waals surface area contributed by atoms with Gasteiger partial charge in [-0.2, -0.15) is 0 Å². The highest BCUT2D eigenvalue weighted by Crippen LogP contribution is 2.34. The van der Waals surface area contributed by atoms with E-state index >= 15 is 0 Å². The summed E-state index contributed by atoms with van der Waals surface area (Å²) in [6.45, 7) is 0. The quantitative estimate of drug-likeness (QED) is 0.261. The summed E-state index contributed by atoms with van der Waals surface area (Å²) < 4.78 is 8.78. The van der Waals surface area contributed by atoms with Crippen LogP contribution < -0.4 is 0 Å². The van der Waals surface area contributed by atoms with Crippen LogP contribution in [0.4, 0.5) is 0 Å². The second kappa shape index (κ2) is 9.51. The van der Waals surface area contributed by atoms with Crippen molar-refractivity contribution in [2.24, 2.45) is 0 Å². The average molecular weight is 505 g/mol. The van der Waals surface area contributed by atoms with Crippen LogP contribution in [0.25, 0.3) is 61.0 Å². The normalized spacial score (nSPS) is 11.2. The van der Waals surface area contributed by atoms with Crippen molar-refractivity contribution in [3.05, 3.63) is 140 Å². The van der Waals surface area contributed by atoms with Crippen molar-refractivity contribution in [1.82, 2.24) is 9.55 Å². The van der Waals surface area contributed by atoms with Crippen molar-refractivity contribution in [2.75, 3.05) is 0 Å². The number of hydrogen-bond acceptors (Lipinski definition) is 3. The second-order valence-corrected chi connectivity index (χ2v) is 9.42. The Morgan fingerprint density at radius 1 is 0.564 bits per heavy atom. The molecular weight excluding hydrogens is 480 g/mol. The van der Waals surface area contributed by atoms with E-state index in [2.05, 4.69) is 52.0 Å². The maximum absolute atomic E-state index is 10.6. The number of phenols is 1. The molecule has 2 heterocycles.